The maximum atomic E-state index is 13.2. The third-order valence-electron chi connectivity index (χ3n) is 6.16. The maximum absolute atomic E-state index is 13.2. The molecule has 41 heavy (non-hydrogen) atoms. The average Bonchev–Trinajstić information content (AvgIpc) is 3.38. The minimum Gasteiger partial charge on any atom is -0.378 e. The molecule has 0 radical (unpaired) electrons. The highest BCUT2D eigenvalue weighted by molar-refractivity contribution is 8.01. The average molecular weight is 601 g/mol. The highest BCUT2D eigenvalue weighted by Crippen LogP contribution is 2.35. The fraction of sp³-hybridized carbons (Fsp3) is 0.214. The van der Waals surface area contributed by atoms with Crippen molar-refractivity contribution in [2.75, 3.05) is 42.7 Å². The van der Waals surface area contributed by atoms with Gasteiger partial charge < -0.3 is 20.3 Å². The number of morpholine rings is 1. The van der Waals surface area contributed by atoms with Crippen LogP contribution in [-0.4, -0.2) is 59.7 Å². The molecular weight excluding hydrogens is 577 g/mol. The first kappa shape index (κ1) is 28.6. The van der Waals surface area contributed by atoms with Crippen molar-refractivity contribution < 1.29 is 32.3 Å². The molecule has 3 aromatic carbocycles. The number of carbonyl (C=O) groups excluding carboxylic acids is 3. The van der Waals surface area contributed by atoms with E-state index in [4.69, 9.17) is 4.74 Å². The molecule has 8 nitrogen and oxygen atoms in total. The molecule has 3 amide bonds. The molecule has 0 saturated carbocycles. The molecule has 2 N–H and O–H groups in total. The number of benzene rings is 3. The zero-order valence-corrected chi connectivity index (χ0v) is 23.0. The number of hydrogen-bond acceptors (Lipinski definition) is 7. The Kier molecular flexibility index (Phi) is 8.57. The van der Waals surface area contributed by atoms with E-state index in [9.17, 15) is 27.6 Å². The Morgan fingerprint density at radius 3 is 2.41 bits per heavy atom. The number of fused-ring (bicyclic) bond motifs is 1. The van der Waals surface area contributed by atoms with E-state index >= 15 is 0 Å². The van der Waals surface area contributed by atoms with E-state index in [0.717, 1.165) is 22.5 Å². The van der Waals surface area contributed by atoms with E-state index in [1.807, 2.05) is 0 Å². The summed E-state index contributed by atoms with van der Waals surface area (Å²) in [7, 11) is 0. The highest BCUT2D eigenvalue weighted by atomic mass is 32.2. The second-order valence-electron chi connectivity index (χ2n) is 8.95. The topological polar surface area (TPSA) is 101 Å². The summed E-state index contributed by atoms with van der Waals surface area (Å²) in [5, 5.41) is 5.15. The largest absolute Gasteiger partial charge is 0.418 e. The summed E-state index contributed by atoms with van der Waals surface area (Å²) < 4.78 is 46.2. The maximum Gasteiger partial charge on any atom is 0.418 e. The van der Waals surface area contributed by atoms with Crippen LogP contribution in [-0.2, 0) is 15.7 Å². The minimum atomic E-state index is -4.59. The van der Waals surface area contributed by atoms with Gasteiger partial charge in [-0.25, -0.2) is 4.98 Å². The molecule has 0 bridgehead atoms. The van der Waals surface area contributed by atoms with Gasteiger partial charge in [0.25, 0.3) is 11.8 Å². The van der Waals surface area contributed by atoms with Crippen molar-refractivity contribution in [3.8, 4) is 0 Å². The molecule has 5 rings (SSSR count). The lowest BCUT2D eigenvalue weighted by atomic mass is 10.0. The van der Waals surface area contributed by atoms with Crippen LogP contribution in [0.4, 0.5) is 24.5 Å². The van der Waals surface area contributed by atoms with Gasteiger partial charge in [0.05, 0.1) is 51.6 Å². The first-order valence-corrected chi connectivity index (χ1v) is 14.3. The molecule has 0 unspecified atom stereocenters. The van der Waals surface area contributed by atoms with Crippen molar-refractivity contribution in [2.45, 2.75) is 10.5 Å². The van der Waals surface area contributed by atoms with Gasteiger partial charge in [0.1, 0.15) is 0 Å². The van der Waals surface area contributed by atoms with Crippen LogP contribution in [0.3, 0.4) is 0 Å². The van der Waals surface area contributed by atoms with Gasteiger partial charge in [-0.2, -0.15) is 13.2 Å². The number of aromatic nitrogens is 1. The fourth-order valence-electron chi connectivity index (χ4n) is 4.20. The number of carbonyl (C=O) groups is 3. The van der Waals surface area contributed by atoms with Crippen molar-refractivity contribution in [2.24, 2.45) is 0 Å². The Labute approximate surface area is 240 Å². The van der Waals surface area contributed by atoms with Crippen LogP contribution in [0.25, 0.3) is 10.2 Å². The van der Waals surface area contributed by atoms with Gasteiger partial charge in [0.15, 0.2) is 4.34 Å². The molecule has 1 fully saturated rings. The van der Waals surface area contributed by atoms with E-state index in [1.54, 1.807) is 47.4 Å². The summed E-state index contributed by atoms with van der Waals surface area (Å²) in [5.41, 5.74) is 0.479. The number of para-hydroxylation sites is 1. The Bertz CT molecular complexity index is 1600. The number of nitrogens with zero attached hydrogens (tertiary/aromatic N) is 2. The molecule has 1 aromatic heterocycles. The Balaban J connectivity index is 1.24. The van der Waals surface area contributed by atoms with Crippen molar-refractivity contribution in [1.82, 2.24) is 9.88 Å². The molecule has 0 spiro atoms. The van der Waals surface area contributed by atoms with Gasteiger partial charge >= 0.3 is 6.18 Å². The van der Waals surface area contributed by atoms with Gasteiger partial charge in [-0.15, -0.1) is 11.3 Å². The summed E-state index contributed by atoms with van der Waals surface area (Å²) >= 11 is 2.38. The zero-order valence-electron chi connectivity index (χ0n) is 21.4. The predicted molar refractivity (Wildman–Crippen MR) is 152 cm³/mol. The summed E-state index contributed by atoms with van der Waals surface area (Å²) in [6.07, 6.45) is -4.59. The Morgan fingerprint density at radius 1 is 0.951 bits per heavy atom. The quantitative estimate of drug-likeness (QED) is 0.261. The van der Waals surface area contributed by atoms with Crippen molar-refractivity contribution >= 4 is 62.4 Å². The summed E-state index contributed by atoms with van der Waals surface area (Å²) in [5.74, 6) is -1.39. The van der Waals surface area contributed by atoms with Gasteiger partial charge in [0, 0.05) is 18.8 Å². The van der Waals surface area contributed by atoms with Crippen LogP contribution >= 0.6 is 23.1 Å². The summed E-state index contributed by atoms with van der Waals surface area (Å²) in [6.45, 7) is 1.82. The van der Waals surface area contributed by atoms with Crippen LogP contribution in [0.1, 0.15) is 26.3 Å². The Morgan fingerprint density at radius 2 is 1.66 bits per heavy atom. The van der Waals surface area contributed by atoms with E-state index < -0.39 is 23.6 Å². The lowest BCUT2D eigenvalue weighted by molar-refractivity contribution is -0.137. The number of ether oxygens (including phenoxy) is 1. The number of alkyl halides is 3. The third kappa shape index (κ3) is 6.87. The number of rotatable bonds is 7. The highest BCUT2D eigenvalue weighted by Gasteiger charge is 2.33. The van der Waals surface area contributed by atoms with E-state index in [2.05, 4.69) is 15.6 Å². The van der Waals surface area contributed by atoms with Gasteiger partial charge in [-0.3, -0.25) is 14.4 Å². The molecule has 13 heteroatoms. The number of anilines is 2. The molecule has 1 aliphatic heterocycles. The SMILES string of the molecule is O=C(CSc1nc2ccc(NC(=O)c3ccccc3C(=O)N3CCOCC3)cc2s1)Nc1ccccc1C(F)(F)F. The Hall–Kier alpha value is -3.94. The first-order valence-electron chi connectivity index (χ1n) is 12.5. The van der Waals surface area contributed by atoms with Crippen molar-refractivity contribution in [3.63, 3.8) is 0 Å². The number of halogens is 3. The van der Waals surface area contributed by atoms with E-state index in [-0.39, 0.29) is 22.9 Å². The molecular formula is C28H23F3N4O4S2. The predicted octanol–water partition coefficient (Wildman–Crippen LogP) is 5.77. The molecule has 2 heterocycles. The number of thiazole rings is 1. The number of nitrogens with one attached hydrogen (secondary N) is 2. The smallest absolute Gasteiger partial charge is 0.378 e. The van der Waals surface area contributed by atoms with Crippen molar-refractivity contribution in [3.05, 3.63) is 83.4 Å². The second-order valence-corrected chi connectivity index (χ2v) is 11.2. The number of hydrogen-bond donors (Lipinski definition) is 2. The molecule has 1 saturated heterocycles. The van der Waals surface area contributed by atoms with Crippen molar-refractivity contribution in [1.29, 1.82) is 0 Å². The second kappa shape index (κ2) is 12.3. The molecule has 212 valence electrons. The number of amides is 3. The fourth-order valence-corrected chi connectivity index (χ4v) is 6.11. The minimum absolute atomic E-state index is 0.135. The lowest BCUT2D eigenvalue weighted by Crippen LogP contribution is -2.41. The van der Waals surface area contributed by atoms with Gasteiger partial charge in [0.2, 0.25) is 5.91 Å². The zero-order chi connectivity index (χ0) is 29.0. The first-order chi connectivity index (χ1) is 19.7. The van der Waals surface area contributed by atoms with Crippen LogP contribution in [0.2, 0.25) is 0 Å². The molecule has 4 aromatic rings. The van der Waals surface area contributed by atoms with Gasteiger partial charge in [-0.1, -0.05) is 36.0 Å². The van der Waals surface area contributed by atoms with Gasteiger partial charge in [-0.05, 0) is 42.5 Å². The van der Waals surface area contributed by atoms with Crippen LogP contribution in [0.15, 0.2) is 71.1 Å². The van der Waals surface area contributed by atoms with Crippen LogP contribution < -0.4 is 10.6 Å². The monoisotopic (exact) mass is 600 g/mol. The molecule has 0 aliphatic carbocycles. The summed E-state index contributed by atoms with van der Waals surface area (Å²) in [4.78, 5) is 44.7. The lowest BCUT2D eigenvalue weighted by Gasteiger charge is -2.27. The van der Waals surface area contributed by atoms with Crippen LogP contribution in [0, 0.1) is 0 Å². The van der Waals surface area contributed by atoms with E-state index in [0.29, 0.717) is 47.4 Å². The van der Waals surface area contributed by atoms with E-state index in [1.165, 1.54) is 29.5 Å². The number of thioether (sulfide) groups is 1. The normalized spacial score (nSPS) is 13.7. The third-order valence-corrected chi connectivity index (χ3v) is 8.32. The molecule has 1 aliphatic rings. The van der Waals surface area contributed by atoms with Crippen LogP contribution in [0.5, 0.6) is 0 Å². The molecule has 0 atom stereocenters. The summed E-state index contributed by atoms with van der Waals surface area (Å²) in [6, 6.07) is 16.6. The standard InChI is InChI=1S/C28H23F3N4O4S2/c29-28(30,31)20-7-3-4-8-21(20)33-24(36)16-40-27-34-22-10-9-17(15-23(22)41-27)32-25(37)18-5-1-2-6-19(18)26(38)35-11-13-39-14-12-35/h1-10,15H,11-14,16H2,(H,32,37)(H,33,36).